The van der Waals surface area contributed by atoms with Crippen molar-refractivity contribution in [3.8, 4) is 0 Å². The smallest absolute Gasteiger partial charge is 0.128 e. The average molecular weight is 221 g/mol. The van der Waals surface area contributed by atoms with E-state index in [-0.39, 0.29) is 0 Å². The van der Waals surface area contributed by atoms with Gasteiger partial charge in [-0.1, -0.05) is 0 Å². The van der Waals surface area contributed by atoms with E-state index in [4.69, 9.17) is 10.5 Å². The fourth-order valence-electron chi connectivity index (χ4n) is 2.15. The summed E-state index contributed by atoms with van der Waals surface area (Å²) in [5, 5.41) is 0. The monoisotopic (exact) mass is 221 g/mol. The molecule has 2 N–H and O–H groups in total. The molecule has 1 aromatic rings. The van der Waals surface area contributed by atoms with Gasteiger partial charge in [0.2, 0.25) is 0 Å². The Labute approximate surface area is 96.4 Å². The maximum absolute atomic E-state index is 5.62. The maximum Gasteiger partial charge on any atom is 0.128 e. The van der Waals surface area contributed by atoms with Crippen LogP contribution in [0.5, 0.6) is 0 Å². The second-order valence-corrected chi connectivity index (χ2v) is 4.34. The molecule has 0 radical (unpaired) electrons. The zero-order valence-corrected chi connectivity index (χ0v) is 9.72. The molecular weight excluding hydrogens is 202 g/mol. The van der Waals surface area contributed by atoms with Crippen LogP contribution in [0.2, 0.25) is 0 Å². The number of pyridine rings is 1. The van der Waals surface area contributed by atoms with Gasteiger partial charge in [-0.05, 0) is 30.9 Å². The van der Waals surface area contributed by atoms with Gasteiger partial charge in [0, 0.05) is 26.8 Å². The summed E-state index contributed by atoms with van der Waals surface area (Å²) in [6, 6.07) is 3.90. The second-order valence-electron chi connectivity index (χ2n) is 4.34. The van der Waals surface area contributed by atoms with E-state index in [1.165, 1.54) is 12.8 Å². The van der Waals surface area contributed by atoms with Crippen LogP contribution < -0.4 is 10.6 Å². The number of nitrogens with two attached hydrogens (primary N) is 1. The first-order valence-electron chi connectivity index (χ1n) is 5.75. The van der Waals surface area contributed by atoms with Crippen LogP contribution in [0.1, 0.15) is 12.8 Å². The van der Waals surface area contributed by atoms with Crippen LogP contribution in [-0.2, 0) is 4.74 Å². The van der Waals surface area contributed by atoms with Gasteiger partial charge in [0.25, 0.3) is 0 Å². The Hall–Kier alpha value is -1.29. The maximum atomic E-state index is 5.62. The van der Waals surface area contributed by atoms with E-state index in [9.17, 15) is 0 Å². The highest BCUT2D eigenvalue weighted by molar-refractivity contribution is 5.45. The first-order chi connectivity index (χ1) is 7.79. The van der Waals surface area contributed by atoms with Crippen molar-refractivity contribution in [1.82, 2.24) is 4.98 Å². The average Bonchev–Trinajstić information content (AvgIpc) is 2.32. The number of anilines is 2. The van der Waals surface area contributed by atoms with E-state index in [1.807, 2.05) is 12.1 Å². The van der Waals surface area contributed by atoms with Gasteiger partial charge in [0.05, 0.1) is 11.9 Å². The quantitative estimate of drug-likeness (QED) is 0.841. The van der Waals surface area contributed by atoms with Crippen molar-refractivity contribution < 1.29 is 4.74 Å². The third-order valence-corrected chi connectivity index (χ3v) is 3.11. The molecule has 0 unspecified atom stereocenters. The van der Waals surface area contributed by atoms with Crippen LogP contribution in [0, 0.1) is 5.92 Å². The molecule has 0 atom stereocenters. The topological polar surface area (TPSA) is 51.4 Å². The van der Waals surface area contributed by atoms with Gasteiger partial charge in [0.1, 0.15) is 5.82 Å². The molecule has 1 aliphatic rings. The molecule has 4 nitrogen and oxygen atoms in total. The Morgan fingerprint density at radius 1 is 1.44 bits per heavy atom. The molecule has 0 aromatic carbocycles. The first kappa shape index (κ1) is 11.2. The van der Waals surface area contributed by atoms with E-state index in [1.54, 1.807) is 13.3 Å². The van der Waals surface area contributed by atoms with E-state index < -0.39 is 0 Å². The van der Waals surface area contributed by atoms with Crippen molar-refractivity contribution in [3.05, 3.63) is 18.3 Å². The molecule has 2 heterocycles. The van der Waals surface area contributed by atoms with Crippen molar-refractivity contribution in [1.29, 1.82) is 0 Å². The number of nitrogens with zero attached hydrogens (tertiary/aromatic N) is 2. The van der Waals surface area contributed by atoms with Crippen molar-refractivity contribution in [2.75, 3.05) is 37.4 Å². The van der Waals surface area contributed by atoms with Gasteiger partial charge >= 0.3 is 0 Å². The summed E-state index contributed by atoms with van der Waals surface area (Å²) in [6.45, 7) is 3.00. The summed E-state index contributed by atoms with van der Waals surface area (Å²) in [7, 11) is 1.77. The summed E-state index contributed by atoms with van der Waals surface area (Å²) >= 11 is 0. The number of hydrogen-bond donors (Lipinski definition) is 1. The number of ether oxygens (including phenoxy) is 1. The Morgan fingerprint density at radius 3 is 2.75 bits per heavy atom. The van der Waals surface area contributed by atoms with Crippen molar-refractivity contribution in [3.63, 3.8) is 0 Å². The minimum atomic E-state index is 0.704. The molecule has 0 spiro atoms. The Bertz CT molecular complexity index is 318. The Balaban J connectivity index is 1.91. The molecule has 4 heteroatoms. The lowest BCUT2D eigenvalue weighted by Gasteiger charge is -2.32. The van der Waals surface area contributed by atoms with Crippen molar-refractivity contribution in [2.24, 2.45) is 5.92 Å². The van der Waals surface area contributed by atoms with Crippen LogP contribution in [0.3, 0.4) is 0 Å². The van der Waals surface area contributed by atoms with Gasteiger partial charge in [-0.25, -0.2) is 4.98 Å². The molecule has 0 aliphatic carbocycles. The van der Waals surface area contributed by atoms with E-state index in [0.29, 0.717) is 5.92 Å². The lowest BCUT2D eigenvalue weighted by atomic mass is 9.98. The normalized spacial score (nSPS) is 17.7. The SMILES string of the molecule is COCC1CCN(c2ccc(N)cn2)CC1. The zero-order valence-electron chi connectivity index (χ0n) is 9.72. The summed E-state index contributed by atoms with van der Waals surface area (Å²) in [4.78, 5) is 6.65. The molecule has 88 valence electrons. The van der Waals surface area contributed by atoms with Crippen LogP contribution in [-0.4, -0.2) is 31.8 Å². The fourth-order valence-corrected chi connectivity index (χ4v) is 2.15. The minimum absolute atomic E-state index is 0.704. The number of aromatic nitrogens is 1. The van der Waals surface area contributed by atoms with E-state index in [0.717, 1.165) is 31.2 Å². The van der Waals surface area contributed by atoms with Gasteiger partial charge < -0.3 is 15.4 Å². The van der Waals surface area contributed by atoms with Crippen LogP contribution in [0.15, 0.2) is 18.3 Å². The molecule has 0 bridgehead atoms. The molecule has 0 saturated carbocycles. The Morgan fingerprint density at radius 2 is 2.19 bits per heavy atom. The fraction of sp³-hybridized carbons (Fsp3) is 0.583. The minimum Gasteiger partial charge on any atom is -0.397 e. The van der Waals surface area contributed by atoms with E-state index >= 15 is 0 Å². The number of methoxy groups -OCH3 is 1. The molecule has 1 aliphatic heterocycles. The van der Waals surface area contributed by atoms with Crippen LogP contribution in [0.25, 0.3) is 0 Å². The first-order valence-corrected chi connectivity index (χ1v) is 5.75. The number of hydrogen-bond acceptors (Lipinski definition) is 4. The third kappa shape index (κ3) is 2.64. The van der Waals surface area contributed by atoms with Crippen LogP contribution >= 0.6 is 0 Å². The molecule has 2 rings (SSSR count). The van der Waals surface area contributed by atoms with E-state index in [2.05, 4.69) is 9.88 Å². The molecule has 1 aromatic heterocycles. The highest BCUT2D eigenvalue weighted by Gasteiger charge is 2.19. The standard InChI is InChI=1S/C12H19N3O/c1-16-9-10-4-6-15(7-5-10)12-3-2-11(13)8-14-12/h2-3,8,10H,4-7,9,13H2,1H3. The number of rotatable bonds is 3. The molecule has 0 amide bonds. The second kappa shape index (κ2) is 5.16. The summed E-state index contributed by atoms with van der Waals surface area (Å²) in [5.41, 5.74) is 6.34. The molecular formula is C12H19N3O. The zero-order chi connectivity index (χ0) is 11.4. The Kier molecular flexibility index (Phi) is 3.62. The number of piperidine rings is 1. The largest absolute Gasteiger partial charge is 0.397 e. The van der Waals surface area contributed by atoms with Gasteiger partial charge in [0.15, 0.2) is 0 Å². The van der Waals surface area contributed by atoms with Crippen molar-refractivity contribution in [2.45, 2.75) is 12.8 Å². The van der Waals surface area contributed by atoms with Gasteiger partial charge in [-0.3, -0.25) is 0 Å². The molecule has 1 saturated heterocycles. The summed E-state index contributed by atoms with van der Waals surface area (Å²) in [5.74, 6) is 1.74. The van der Waals surface area contributed by atoms with Crippen molar-refractivity contribution >= 4 is 11.5 Å². The predicted molar refractivity (Wildman–Crippen MR) is 65.5 cm³/mol. The summed E-state index contributed by atoms with van der Waals surface area (Å²) in [6.07, 6.45) is 4.08. The predicted octanol–water partition coefficient (Wildman–Crippen LogP) is 1.53. The molecule has 1 fully saturated rings. The highest BCUT2D eigenvalue weighted by atomic mass is 16.5. The lowest BCUT2D eigenvalue weighted by molar-refractivity contribution is 0.139. The highest BCUT2D eigenvalue weighted by Crippen LogP contribution is 2.22. The van der Waals surface area contributed by atoms with Crippen LogP contribution in [0.4, 0.5) is 11.5 Å². The molecule has 16 heavy (non-hydrogen) atoms. The van der Waals surface area contributed by atoms with Gasteiger partial charge in [-0.15, -0.1) is 0 Å². The third-order valence-electron chi connectivity index (χ3n) is 3.11. The summed E-state index contributed by atoms with van der Waals surface area (Å²) < 4.78 is 5.19. The number of nitrogen functional groups attached to an aromatic ring is 1. The van der Waals surface area contributed by atoms with Gasteiger partial charge in [-0.2, -0.15) is 0 Å². The lowest BCUT2D eigenvalue weighted by Crippen LogP contribution is -2.35.